The lowest BCUT2D eigenvalue weighted by Crippen LogP contribution is -2.25. The normalized spacial score (nSPS) is 14.0. The fraction of sp³-hybridized carbons (Fsp3) is 0.0625. The summed E-state index contributed by atoms with van der Waals surface area (Å²) in [5.41, 5.74) is 58.6. The minimum absolute atomic E-state index is 0.245. The van der Waals surface area contributed by atoms with Crippen molar-refractivity contribution in [2.75, 3.05) is 0 Å². The summed E-state index contributed by atoms with van der Waals surface area (Å²) in [7, 11) is 0. The van der Waals surface area contributed by atoms with Gasteiger partial charge in [-0.3, -0.25) is 0 Å². The van der Waals surface area contributed by atoms with Crippen molar-refractivity contribution in [3.63, 3.8) is 0 Å². The van der Waals surface area contributed by atoms with Gasteiger partial charge in [-0.1, -0.05) is 454 Å². The van der Waals surface area contributed by atoms with Crippen LogP contribution in [0.5, 0.6) is 0 Å². The molecule has 128 heavy (non-hydrogen) atoms. The van der Waals surface area contributed by atoms with Crippen molar-refractivity contribution in [3.8, 4) is 134 Å². The van der Waals surface area contributed by atoms with E-state index in [9.17, 15) is 0 Å². The lowest BCUT2D eigenvalue weighted by molar-refractivity contribution is 0.794. The Labute approximate surface area is 749 Å². The van der Waals surface area contributed by atoms with E-state index in [1.54, 1.807) is 0 Å². The SMILES string of the molecule is Cc1ccc(-c2ccc3c(c2)-c2ccccc2C32c3ccccc3-c3ccccc32)cc1.Cc1cccc(-c2ccc3c(c2)-c2ccccc2C32c3ccccc3-c3ccccc32)c1.Cc1ccccc1-c1ccc2c(c1)-c1ccccc1C21c2ccccc2-c2ccccc21.Cc1ccccc1-c1cccc2c1-c1ccccc1C21c2ccccc2-c2ccccc21. The highest BCUT2D eigenvalue weighted by Gasteiger charge is 2.56. The van der Waals surface area contributed by atoms with Crippen LogP contribution in [0.25, 0.3) is 134 Å². The Balaban J connectivity index is 0.0000000926. The first kappa shape index (κ1) is 75.0. The minimum atomic E-state index is -0.266. The van der Waals surface area contributed by atoms with Crippen LogP contribution in [0.2, 0.25) is 0 Å². The van der Waals surface area contributed by atoms with Crippen LogP contribution < -0.4 is 0 Å². The number of benzene rings is 20. The van der Waals surface area contributed by atoms with Gasteiger partial charge in [-0.2, -0.15) is 0 Å². The molecule has 0 saturated carbocycles. The van der Waals surface area contributed by atoms with Crippen LogP contribution in [-0.2, 0) is 21.7 Å². The number of hydrogen-bond acceptors (Lipinski definition) is 0. The van der Waals surface area contributed by atoms with Crippen LogP contribution in [0.15, 0.2) is 461 Å². The van der Waals surface area contributed by atoms with Crippen molar-refractivity contribution in [2.45, 2.75) is 49.4 Å². The molecule has 0 amide bonds. The Hall–Kier alpha value is -15.6. The van der Waals surface area contributed by atoms with Gasteiger partial charge in [0.15, 0.2) is 0 Å². The Morgan fingerprint density at radius 1 is 0.117 bits per heavy atom. The largest absolute Gasteiger partial charge is 0.0725 e. The molecule has 600 valence electrons. The van der Waals surface area contributed by atoms with Gasteiger partial charge in [0, 0.05) is 0 Å². The lowest BCUT2D eigenvalue weighted by Gasteiger charge is -2.30. The Morgan fingerprint density at radius 3 is 0.672 bits per heavy atom. The molecule has 8 aliphatic carbocycles. The molecule has 0 heteroatoms. The highest BCUT2D eigenvalue weighted by Crippen LogP contribution is 2.69. The predicted molar refractivity (Wildman–Crippen MR) is 532 cm³/mol. The summed E-state index contributed by atoms with van der Waals surface area (Å²) in [6, 6.07) is 171. The molecule has 20 aromatic rings. The summed E-state index contributed by atoms with van der Waals surface area (Å²) in [4.78, 5) is 0. The van der Waals surface area contributed by atoms with Crippen molar-refractivity contribution in [1.82, 2.24) is 0 Å². The van der Waals surface area contributed by atoms with Crippen LogP contribution in [0.3, 0.4) is 0 Å². The molecule has 4 spiro atoms. The van der Waals surface area contributed by atoms with Gasteiger partial charge in [-0.05, 0) is 280 Å². The van der Waals surface area contributed by atoms with Crippen molar-refractivity contribution in [1.29, 1.82) is 0 Å². The number of aryl methyl sites for hydroxylation is 4. The van der Waals surface area contributed by atoms with Crippen LogP contribution in [0.1, 0.15) is 111 Å². The summed E-state index contributed by atoms with van der Waals surface area (Å²) in [6.45, 7) is 8.71. The van der Waals surface area contributed by atoms with E-state index in [0.717, 1.165) is 0 Å². The maximum Gasteiger partial charge on any atom is 0.0725 e. The molecule has 0 saturated heterocycles. The van der Waals surface area contributed by atoms with Gasteiger partial charge in [0.25, 0.3) is 0 Å². The third kappa shape index (κ3) is 10.5. The van der Waals surface area contributed by atoms with Crippen molar-refractivity contribution in [2.24, 2.45) is 0 Å². The molecule has 0 heterocycles. The molecule has 0 unspecified atom stereocenters. The average molecular weight is 1630 g/mol. The average Bonchev–Trinajstić information content (AvgIpc) is 1.52. The maximum absolute atomic E-state index is 2.41. The molecule has 0 fully saturated rings. The minimum Gasteiger partial charge on any atom is -0.0620 e. The van der Waals surface area contributed by atoms with E-state index in [2.05, 4.69) is 489 Å². The Morgan fingerprint density at radius 2 is 0.336 bits per heavy atom. The second-order valence-corrected chi connectivity index (χ2v) is 35.9. The number of rotatable bonds is 4. The monoisotopic (exact) mass is 1620 g/mol. The van der Waals surface area contributed by atoms with E-state index >= 15 is 0 Å². The van der Waals surface area contributed by atoms with Crippen LogP contribution in [0.4, 0.5) is 0 Å². The summed E-state index contributed by atoms with van der Waals surface area (Å²) < 4.78 is 0. The van der Waals surface area contributed by atoms with Gasteiger partial charge in [-0.15, -0.1) is 0 Å². The Kier molecular flexibility index (Phi) is 17.0. The summed E-state index contributed by atoms with van der Waals surface area (Å²) in [5, 5.41) is 0. The van der Waals surface area contributed by atoms with Crippen molar-refractivity contribution in [3.05, 3.63) is 572 Å². The van der Waals surface area contributed by atoms with Crippen LogP contribution in [0, 0.1) is 27.7 Å². The third-order valence-corrected chi connectivity index (χ3v) is 29.6. The second kappa shape index (κ2) is 29.0. The van der Waals surface area contributed by atoms with E-state index in [4.69, 9.17) is 0 Å². The summed E-state index contributed by atoms with van der Waals surface area (Å²) in [6.07, 6.45) is 0. The molecule has 8 aliphatic rings. The number of fused-ring (bicyclic) bond motifs is 40. The molecule has 0 nitrogen and oxygen atoms in total. The summed E-state index contributed by atoms with van der Waals surface area (Å²) >= 11 is 0. The van der Waals surface area contributed by atoms with Gasteiger partial charge in [0.1, 0.15) is 0 Å². The van der Waals surface area contributed by atoms with E-state index in [-0.39, 0.29) is 21.7 Å². The lowest BCUT2D eigenvalue weighted by atomic mass is 9.70. The molecule has 0 aromatic heterocycles. The molecule has 0 aliphatic heterocycles. The van der Waals surface area contributed by atoms with E-state index < -0.39 is 0 Å². The van der Waals surface area contributed by atoms with Gasteiger partial charge < -0.3 is 0 Å². The third-order valence-electron chi connectivity index (χ3n) is 29.6. The van der Waals surface area contributed by atoms with Gasteiger partial charge in [-0.25, -0.2) is 0 Å². The summed E-state index contributed by atoms with van der Waals surface area (Å²) in [5.74, 6) is 0. The van der Waals surface area contributed by atoms with Crippen LogP contribution in [-0.4, -0.2) is 0 Å². The van der Waals surface area contributed by atoms with Gasteiger partial charge >= 0.3 is 0 Å². The molecule has 0 atom stereocenters. The fourth-order valence-electron chi connectivity index (χ4n) is 24.5. The Bertz CT molecular complexity index is 7830. The zero-order valence-corrected chi connectivity index (χ0v) is 71.9. The molecule has 20 aromatic carbocycles. The first-order valence-electron chi connectivity index (χ1n) is 45.2. The van der Waals surface area contributed by atoms with Crippen molar-refractivity contribution >= 4 is 0 Å². The van der Waals surface area contributed by atoms with E-state index in [0.29, 0.717) is 0 Å². The predicted octanol–water partition coefficient (Wildman–Crippen LogP) is 32.0. The smallest absolute Gasteiger partial charge is 0.0620 e. The van der Waals surface area contributed by atoms with E-state index in [1.165, 1.54) is 245 Å². The molecular formula is C128H88. The molecule has 0 radical (unpaired) electrons. The zero-order valence-electron chi connectivity index (χ0n) is 71.9. The maximum atomic E-state index is 2.41. The first-order chi connectivity index (χ1) is 63.2. The fourth-order valence-corrected chi connectivity index (χ4v) is 24.5. The zero-order chi connectivity index (χ0) is 85.1. The molecule has 0 N–H and O–H groups in total. The van der Waals surface area contributed by atoms with Gasteiger partial charge in [0.05, 0.1) is 21.7 Å². The molecular weight excluding hydrogens is 1540 g/mol. The highest BCUT2D eigenvalue weighted by molar-refractivity contribution is 6.03. The van der Waals surface area contributed by atoms with Crippen LogP contribution >= 0.6 is 0 Å². The second-order valence-electron chi connectivity index (χ2n) is 35.9. The highest BCUT2D eigenvalue weighted by atomic mass is 14.6. The molecule has 28 rings (SSSR count). The van der Waals surface area contributed by atoms with Gasteiger partial charge in [0.2, 0.25) is 0 Å². The topological polar surface area (TPSA) is 0 Å². The molecule has 0 bridgehead atoms. The van der Waals surface area contributed by atoms with Crippen molar-refractivity contribution < 1.29 is 0 Å². The standard InChI is InChI=1S/4C32H22/c1-21-9-8-10-22(19-21)23-17-18-31-27(20-23)26-13-4-7-16-30(26)32(31)28-14-5-2-11-24(28)25-12-3-6-15-29(25)32;1-21-14-16-22(17-15-21)23-18-19-31-27(20-23)26-10-4-7-13-30(26)32(31)28-11-5-2-8-24(28)25-9-3-6-12-29(25)32;1-21-11-2-3-12-22(21)25-16-10-20-30-31(25)26-15-6-9-19-29(26)32(30)27-17-7-4-13-23(27)24-14-5-8-18-28(24)32;1-21-10-2-3-11-23(21)22-18-19-31-27(20-22)26-14-6-9-17-30(26)32(31)28-15-7-4-12-24(28)25-13-5-8-16-29(25)32/h4*2-20H,1H3. The quantitative estimate of drug-likeness (QED) is 0.165. The first-order valence-corrected chi connectivity index (χ1v) is 45.2. The van der Waals surface area contributed by atoms with E-state index in [1.807, 2.05) is 0 Å². The number of hydrogen-bond donors (Lipinski definition) is 0.